The predicted molar refractivity (Wildman–Crippen MR) is 90.0 cm³/mol. The van der Waals surface area contributed by atoms with Gasteiger partial charge in [-0.15, -0.1) is 11.3 Å². The van der Waals surface area contributed by atoms with Gasteiger partial charge in [0.15, 0.2) is 0 Å². The zero-order chi connectivity index (χ0) is 17.0. The molecular weight excluding hydrogens is 312 g/mol. The average molecular weight is 332 g/mol. The van der Waals surface area contributed by atoms with Crippen LogP contribution in [0.4, 0.5) is 0 Å². The van der Waals surface area contributed by atoms with Crippen LogP contribution in [0.1, 0.15) is 46.9 Å². The molecule has 1 amide bonds. The molecule has 0 fully saturated rings. The summed E-state index contributed by atoms with van der Waals surface area (Å²) >= 11 is 1.33. The first-order valence-corrected chi connectivity index (χ1v) is 8.19. The Morgan fingerprint density at radius 1 is 1.30 bits per heavy atom. The summed E-state index contributed by atoms with van der Waals surface area (Å²) in [4.78, 5) is 28.7. The summed E-state index contributed by atoms with van der Waals surface area (Å²) in [6.45, 7) is 5.64. The molecule has 2 rings (SSSR count). The Balaban J connectivity index is 2.12. The second-order valence-electron chi connectivity index (χ2n) is 5.90. The van der Waals surface area contributed by atoms with Crippen LogP contribution in [0.5, 0.6) is 0 Å². The van der Waals surface area contributed by atoms with Crippen LogP contribution in [-0.4, -0.2) is 28.5 Å². The Labute approximate surface area is 139 Å². The molecule has 122 valence electrons. The topological polar surface area (TPSA) is 79.3 Å². The molecule has 2 N–H and O–H groups in total. The van der Waals surface area contributed by atoms with Gasteiger partial charge in [-0.2, -0.15) is 0 Å². The van der Waals surface area contributed by atoms with Crippen molar-refractivity contribution in [2.24, 2.45) is 0 Å². The quantitative estimate of drug-likeness (QED) is 0.852. The fourth-order valence-electron chi connectivity index (χ4n) is 2.11. The number of aromatic nitrogens is 1. The maximum absolute atomic E-state index is 12.2. The van der Waals surface area contributed by atoms with Crippen molar-refractivity contribution < 1.29 is 14.7 Å². The molecule has 5 nitrogen and oxygen atoms in total. The minimum Gasteiger partial charge on any atom is -0.481 e. The van der Waals surface area contributed by atoms with E-state index in [2.05, 4.69) is 10.3 Å². The zero-order valence-corrected chi connectivity index (χ0v) is 14.2. The maximum atomic E-state index is 12.2. The Morgan fingerprint density at radius 3 is 2.48 bits per heavy atom. The van der Waals surface area contributed by atoms with Crippen LogP contribution < -0.4 is 5.32 Å². The Bertz CT molecular complexity index is 697. The van der Waals surface area contributed by atoms with Crippen molar-refractivity contribution in [1.29, 1.82) is 0 Å². The minimum atomic E-state index is -1.18. The molecule has 6 heteroatoms. The van der Waals surface area contributed by atoms with Crippen LogP contribution in [0.25, 0.3) is 0 Å². The second-order valence-corrected chi connectivity index (χ2v) is 6.97. The van der Waals surface area contributed by atoms with Gasteiger partial charge in [0.1, 0.15) is 10.3 Å². The number of carbonyl (C=O) groups is 2. The molecule has 1 atom stereocenters. The lowest BCUT2D eigenvalue weighted by atomic mass is 9.82. The largest absolute Gasteiger partial charge is 0.481 e. The second kappa shape index (κ2) is 6.91. The van der Waals surface area contributed by atoms with E-state index >= 15 is 0 Å². The smallest absolute Gasteiger partial charge is 0.315 e. The van der Waals surface area contributed by atoms with E-state index in [1.165, 1.54) is 17.5 Å². The highest BCUT2D eigenvalue weighted by Gasteiger charge is 2.35. The molecule has 0 aliphatic rings. The number of hydrogen-bond donors (Lipinski definition) is 2. The van der Waals surface area contributed by atoms with Gasteiger partial charge in [0.2, 0.25) is 0 Å². The molecule has 1 aromatic heterocycles. The number of rotatable bonds is 6. The summed E-state index contributed by atoms with van der Waals surface area (Å²) in [6, 6.07) is 8.91. The van der Waals surface area contributed by atoms with Crippen molar-refractivity contribution in [1.82, 2.24) is 10.3 Å². The third kappa shape index (κ3) is 3.76. The third-order valence-electron chi connectivity index (χ3n) is 3.73. The first-order valence-electron chi connectivity index (χ1n) is 7.37. The van der Waals surface area contributed by atoms with Gasteiger partial charge in [0.25, 0.3) is 5.91 Å². The summed E-state index contributed by atoms with van der Waals surface area (Å²) in [6.07, 6.45) is 1.54. The molecule has 0 aliphatic heterocycles. The molecular formula is C17H20N2O3S. The van der Waals surface area contributed by atoms with Gasteiger partial charge in [0.05, 0.1) is 11.2 Å². The third-order valence-corrected chi connectivity index (χ3v) is 5.02. The number of hydrogen-bond acceptors (Lipinski definition) is 4. The first kappa shape index (κ1) is 17.1. The van der Waals surface area contributed by atoms with Crippen LogP contribution in [0.3, 0.4) is 0 Å². The number of carbonyl (C=O) groups excluding carboxylic acids is 1. The fraction of sp³-hybridized carbons (Fsp3) is 0.353. The molecule has 0 radical (unpaired) electrons. The summed E-state index contributed by atoms with van der Waals surface area (Å²) < 4.78 is 0. The summed E-state index contributed by atoms with van der Waals surface area (Å²) in [5, 5.41) is 13.2. The molecule has 23 heavy (non-hydrogen) atoms. The van der Waals surface area contributed by atoms with E-state index in [1.54, 1.807) is 31.2 Å². The number of carboxylic acid groups (broad SMARTS) is 1. The van der Waals surface area contributed by atoms with E-state index in [1.807, 2.05) is 19.9 Å². The maximum Gasteiger partial charge on any atom is 0.315 e. The standard InChI is InChI=1S/C17H20N2O3S/c1-11(2)15-18-9-13(23-15)14(20)19-10-17(3,16(21)22)12-7-5-4-6-8-12/h4-9,11H,10H2,1-3H3,(H,19,20)(H,21,22). The van der Waals surface area contributed by atoms with Crippen LogP contribution in [0.2, 0.25) is 0 Å². The number of aliphatic carboxylic acids is 1. The van der Waals surface area contributed by atoms with E-state index < -0.39 is 11.4 Å². The van der Waals surface area contributed by atoms with Gasteiger partial charge < -0.3 is 10.4 Å². The molecule has 0 saturated heterocycles. The fourth-order valence-corrected chi connectivity index (χ4v) is 2.95. The minimum absolute atomic E-state index is 0.0140. The summed E-state index contributed by atoms with van der Waals surface area (Å²) in [5.41, 5.74) is -0.525. The lowest BCUT2D eigenvalue weighted by molar-refractivity contribution is -0.142. The summed E-state index contributed by atoms with van der Waals surface area (Å²) in [7, 11) is 0. The van der Waals surface area contributed by atoms with Crippen molar-refractivity contribution >= 4 is 23.2 Å². The molecule has 1 aromatic carbocycles. The van der Waals surface area contributed by atoms with Gasteiger partial charge in [-0.1, -0.05) is 44.2 Å². The van der Waals surface area contributed by atoms with Crippen molar-refractivity contribution in [3.05, 3.63) is 52.0 Å². The van der Waals surface area contributed by atoms with E-state index in [0.29, 0.717) is 10.4 Å². The van der Waals surface area contributed by atoms with Gasteiger partial charge in [-0.05, 0) is 12.5 Å². The van der Waals surface area contributed by atoms with Crippen LogP contribution in [0.15, 0.2) is 36.5 Å². The number of amides is 1. The summed E-state index contributed by atoms with van der Waals surface area (Å²) in [5.74, 6) is -1.01. The zero-order valence-electron chi connectivity index (χ0n) is 13.4. The highest BCUT2D eigenvalue weighted by atomic mass is 32.1. The lowest BCUT2D eigenvalue weighted by Crippen LogP contribution is -2.44. The van der Waals surface area contributed by atoms with Gasteiger partial charge in [-0.25, -0.2) is 4.98 Å². The monoisotopic (exact) mass is 332 g/mol. The van der Waals surface area contributed by atoms with Crippen molar-refractivity contribution in [3.8, 4) is 0 Å². The predicted octanol–water partition coefficient (Wildman–Crippen LogP) is 3.04. The molecule has 1 unspecified atom stereocenters. The number of carboxylic acids is 1. The average Bonchev–Trinajstić information content (AvgIpc) is 3.03. The number of nitrogens with one attached hydrogen (secondary N) is 1. The number of benzene rings is 1. The van der Waals surface area contributed by atoms with Crippen LogP contribution in [0, 0.1) is 0 Å². The molecule has 0 bridgehead atoms. The molecule has 0 saturated carbocycles. The van der Waals surface area contributed by atoms with Crippen molar-refractivity contribution in [3.63, 3.8) is 0 Å². The normalized spacial score (nSPS) is 13.6. The van der Waals surface area contributed by atoms with Crippen LogP contribution in [-0.2, 0) is 10.2 Å². The van der Waals surface area contributed by atoms with Gasteiger partial charge in [0, 0.05) is 12.5 Å². The van der Waals surface area contributed by atoms with Gasteiger partial charge >= 0.3 is 5.97 Å². The highest BCUT2D eigenvalue weighted by Crippen LogP contribution is 2.24. The number of nitrogens with zero attached hydrogens (tertiary/aromatic N) is 1. The highest BCUT2D eigenvalue weighted by molar-refractivity contribution is 7.13. The van der Waals surface area contributed by atoms with E-state index in [0.717, 1.165) is 5.01 Å². The van der Waals surface area contributed by atoms with Crippen molar-refractivity contribution in [2.75, 3.05) is 6.54 Å². The molecule has 0 spiro atoms. The molecule has 1 heterocycles. The molecule has 0 aliphatic carbocycles. The van der Waals surface area contributed by atoms with Gasteiger partial charge in [-0.3, -0.25) is 9.59 Å². The lowest BCUT2D eigenvalue weighted by Gasteiger charge is -2.25. The molecule has 2 aromatic rings. The van der Waals surface area contributed by atoms with Crippen LogP contribution >= 0.6 is 11.3 Å². The number of thiazole rings is 1. The van der Waals surface area contributed by atoms with Crippen molar-refractivity contribution in [2.45, 2.75) is 32.1 Å². The Kier molecular flexibility index (Phi) is 5.15. The van der Waals surface area contributed by atoms with E-state index in [-0.39, 0.29) is 18.4 Å². The Morgan fingerprint density at radius 2 is 1.96 bits per heavy atom. The van der Waals surface area contributed by atoms with E-state index in [9.17, 15) is 14.7 Å². The SMILES string of the molecule is CC(C)c1ncc(C(=O)NCC(C)(C(=O)O)c2ccccc2)s1. The Hall–Kier alpha value is -2.21. The first-order chi connectivity index (χ1) is 10.8. The van der Waals surface area contributed by atoms with E-state index in [4.69, 9.17) is 0 Å².